The van der Waals surface area contributed by atoms with Gasteiger partial charge < -0.3 is 10.2 Å². The third kappa shape index (κ3) is 14.5. The molecule has 0 aliphatic rings. The lowest BCUT2D eigenvalue weighted by molar-refractivity contribution is -0.145. The Balaban J connectivity index is 3.35. The second kappa shape index (κ2) is 16.0. The van der Waals surface area contributed by atoms with E-state index in [0.29, 0.717) is 6.42 Å². The summed E-state index contributed by atoms with van der Waals surface area (Å²) in [5.41, 5.74) is 0. The number of carboxylic acids is 1. The number of carbonyl (C=O) groups is 1. The Morgan fingerprint density at radius 1 is 0.870 bits per heavy atom. The minimum absolute atomic E-state index is 0.584. The molecular formula is C20H38O3. The molecule has 23 heavy (non-hydrogen) atoms. The van der Waals surface area contributed by atoms with E-state index >= 15 is 0 Å². The van der Waals surface area contributed by atoms with Crippen LogP contribution >= 0.6 is 0 Å². The predicted octanol–water partition coefficient (Wildman–Crippen LogP) is 5.72. The van der Waals surface area contributed by atoms with Gasteiger partial charge in [0.15, 0.2) is 0 Å². The number of rotatable bonds is 16. The van der Waals surface area contributed by atoms with Gasteiger partial charge in [-0.3, -0.25) is 4.79 Å². The van der Waals surface area contributed by atoms with Gasteiger partial charge in [0.1, 0.15) is 0 Å². The Morgan fingerprint density at radius 3 is 1.83 bits per heavy atom. The summed E-state index contributed by atoms with van der Waals surface area (Å²) in [6, 6.07) is 0. The van der Waals surface area contributed by atoms with Gasteiger partial charge in [-0.05, 0) is 39.0 Å². The Kier molecular flexibility index (Phi) is 15.5. The van der Waals surface area contributed by atoms with Crippen LogP contribution in [0.4, 0.5) is 0 Å². The minimum Gasteiger partial charge on any atom is -0.481 e. The second-order valence-electron chi connectivity index (χ2n) is 6.70. The molecule has 0 bridgehead atoms. The molecule has 0 amide bonds. The minimum atomic E-state index is -0.877. The molecule has 0 rings (SSSR count). The van der Waals surface area contributed by atoms with E-state index in [4.69, 9.17) is 5.11 Å². The molecule has 0 heterocycles. The normalized spacial score (nSPS) is 14.2. The Labute approximate surface area is 143 Å². The quantitative estimate of drug-likeness (QED) is 0.282. The number of carboxylic acid groups (broad SMARTS) is 1. The molecule has 2 N–H and O–H groups in total. The maximum Gasteiger partial charge on any atom is 0.309 e. The number of aliphatic hydroxyl groups excluding tert-OH is 1. The first-order chi connectivity index (χ1) is 11.1. The Morgan fingerprint density at radius 2 is 1.35 bits per heavy atom. The van der Waals surface area contributed by atoms with Crippen molar-refractivity contribution >= 4 is 5.97 Å². The third-order valence-corrected chi connectivity index (χ3v) is 4.43. The zero-order chi connectivity index (χ0) is 17.3. The van der Waals surface area contributed by atoms with Crippen molar-refractivity contribution in [2.24, 2.45) is 5.92 Å². The Hall–Kier alpha value is -0.830. The van der Waals surface area contributed by atoms with Crippen LogP contribution in [0.2, 0.25) is 0 Å². The van der Waals surface area contributed by atoms with Crippen molar-refractivity contribution in [2.45, 2.75) is 103 Å². The largest absolute Gasteiger partial charge is 0.481 e. The van der Waals surface area contributed by atoms with Gasteiger partial charge in [-0.2, -0.15) is 0 Å². The van der Waals surface area contributed by atoms with Gasteiger partial charge in [0.05, 0.1) is 12.0 Å². The number of allylic oxidation sites excluding steroid dienone is 2. The van der Waals surface area contributed by atoms with Gasteiger partial charge >= 0.3 is 5.97 Å². The van der Waals surface area contributed by atoms with Crippen LogP contribution in [0.3, 0.4) is 0 Å². The lowest BCUT2D eigenvalue weighted by Gasteiger charge is -2.14. The van der Waals surface area contributed by atoms with Crippen LogP contribution < -0.4 is 0 Å². The van der Waals surface area contributed by atoms with Crippen molar-refractivity contribution in [3.63, 3.8) is 0 Å². The first-order valence-corrected chi connectivity index (χ1v) is 9.65. The van der Waals surface area contributed by atoms with Crippen molar-refractivity contribution in [2.75, 3.05) is 0 Å². The highest BCUT2D eigenvalue weighted by atomic mass is 16.4. The molecule has 0 radical (unpaired) electrons. The summed E-state index contributed by atoms with van der Waals surface area (Å²) in [5.74, 6) is -1.48. The van der Waals surface area contributed by atoms with Crippen LogP contribution in [0.1, 0.15) is 97.3 Å². The molecule has 2 unspecified atom stereocenters. The van der Waals surface area contributed by atoms with Crippen molar-refractivity contribution in [1.82, 2.24) is 0 Å². The molecule has 0 aliphatic carbocycles. The lowest BCUT2D eigenvalue weighted by atomic mass is 9.96. The fourth-order valence-electron chi connectivity index (χ4n) is 2.83. The Bertz CT molecular complexity index is 297. The highest BCUT2D eigenvalue weighted by Crippen LogP contribution is 2.15. The summed E-state index contributed by atoms with van der Waals surface area (Å²) < 4.78 is 0. The predicted molar refractivity (Wildman–Crippen MR) is 97.6 cm³/mol. The SMILES string of the molecule is CCCCCCCC/C=C\CCCCCCC(C(=O)O)C(C)O. The van der Waals surface area contributed by atoms with E-state index in [1.54, 1.807) is 6.92 Å². The summed E-state index contributed by atoms with van der Waals surface area (Å²) in [7, 11) is 0. The molecule has 0 aromatic heterocycles. The van der Waals surface area contributed by atoms with Gasteiger partial charge in [-0.15, -0.1) is 0 Å². The van der Waals surface area contributed by atoms with Crippen LogP contribution in [-0.2, 0) is 4.79 Å². The van der Waals surface area contributed by atoms with Crippen molar-refractivity contribution in [3.8, 4) is 0 Å². The molecule has 0 fully saturated rings. The molecule has 0 aromatic rings. The van der Waals surface area contributed by atoms with Gasteiger partial charge in [0.2, 0.25) is 0 Å². The molecule has 0 saturated heterocycles. The van der Waals surface area contributed by atoms with Crippen LogP contribution in [0, 0.1) is 5.92 Å². The summed E-state index contributed by atoms with van der Waals surface area (Å²) in [4.78, 5) is 10.9. The third-order valence-electron chi connectivity index (χ3n) is 4.43. The van der Waals surface area contributed by atoms with E-state index in [9.17, 15) is 9.90 Å². The van der Waals surface area contributed by atoms with E-state index in [-0.39, 0.29) is 0 Å². The van der Waals surface area contributed by atoms with E-state index < -0.39 is 18.0 Å². The average molecular weight is 327 g/mol. The molecule has 0 spiro atoms. The lowest BCUT2D eigenvalue weighted by Crippen LogP contribution is -2.25. The number of hydrogen-bond acceptors (Lipinski definition) is 2. The second-order valence-corrected chi connectivity index (χ2v) is 6.70. The van der Waals surface area contributed by atoms with E-state index in [1.807, 2.05) is 0 Å². The summed E-state index contributed by atoms with van der Waals surface area (Å²) in [6.45, 7) is 3.81. The van der Waals surface area contributed by atoms with Gasteiger partial charge in [0, 0.05) is 0 Å². The van der Waals surface area contributed by atoms with Gasteiger partial charge in [-0.1, -0.05) is 70.4 Å². The summed E-state index contributed by atoms with van der Waals surface area (Å²) >= 11 is 0. The molecule has 0 aliphatic heterocycles. The maximum atomic E-state index is 10.9. The van der Waals surface area contributed by atoms with E-state index in [2.05, 4.69) is 19.1 Å². The molecular weight excluding hydrogens is 288 g/mol. The maximum absolute atomic E-state index is 10.9. The van der Waals surface area contributed by atoms with E-state index in [0.717, 1.165) is 25.7 Å². The molecule has 3 nitrogen and oxygen atoms in total. The first kappa shape index (κ1) is 22.2. The standard InChI is InChI=1S/C20H38O3/c1-3-4-5-6-7-8-9-10-11-12-13-14-15-16-17-19(18(2)21)20(22)23/h10-11,18-19,21H,3-9,12-17H2,1-2H3,(H,22,23)/b11-10-. The zero-order valence-corrected chi connectivity index (χ0v) is 15.3. The van der Waals surface area contributed by atoms with Crippen molar-refractivity contribution in [1.29, 1.82) is 0 Å². The molecule has 0 aromatic carbocycles. The number of aliphatic hydroxyl groups is 1. The summed E-state index contributed by atoms with van der Waals surface area (Å²) in [6.07, 6.45) is 19.2. The number of hydrogen-bond donors (Lipinski definition) is 2. The monoisotopic (exact) mass is 326 g/mol. The fraction of sp³-hybridized carbons (Fsp3) is 0.850. The number of aliphatic carboxylic acids is 1. The van der Waals surface area contributed by atoms with E-state index in [1.165, 1.54) is 51.4 Å². The number of unbranched alkanes of at least 4 members (excludes halogenated alkanes) is 10. The van der Waals surface area contributed by atoms with Crippen LogP contribution in [0.15, 0.2) is 12.2 Å². The van der Waals surface area contributed by atoms with Crippen molar-refractivity contribution in [3.05, 3.63) is 12.2 Å². The average Bonchev–Trinajstić information content (AvgIpc) is 2.50. The molecule has 0 saturated carbocycles. The highest BCUT2D eigenvalue weighted by molar-refractivity contribution is 5.70. The van der Waals surface area contributed by atoms with Crippen molar-refractivity contribution < 1.29 is 15.0 Å². The van der Waals surface area contributed by atoms with Crippen LogP contribution in [0.5, 0.6) is 0 Å². The van der Waals surface area contributed by atoms with Gasteiger partial charge in [-0.25, -0.2) is 0 Å². The molecule has 2 atom stereocenters. The zero-order valence-electron chi connectivity index (χ0n) is 15.3. The topological polar surface area (TPSA) is 57.5 Å². The van der Waals surface area contributed by atoms with Crippen LogP contribution in [0.25, 0.3) is 0 Å². The fourth-order valence-corrected chi connectivity index (χ4v) is 2.83. The first-order valence-electron chi connectivity index (χ1n) is 9.65. The smallest absolute Gasteiger partial charge is 0.309 e. The summed E-state index contributed by atoms with van der Waals surface area (Å²) in [5, 5.41) is 18.4. The van der Waals surface area contributed by atoms with Crippen LogP contribution in [-0.4, -0.2) is 22.3 Å². The molecule has 3 heteroatoms. The highest BCUT2D eigenvalue weighted by Gasteiger charge is 2.21. The van der Waals surface area contributed by atoms with Gasteiger partial charge in [0.25, 0.3) is 0 Å². The molecule has 136 valence electrons.